The van der Waals surface area contributed by atoms with Gasteiger partial charge < -0.3 is 10.6 Å². The fourth-order valence-corrected chi connectivity index (χ4v) is 1.62. The van der Waals surface area contributed by atoms with Crippen LogP contribution in [0.2, 0.25) is 5.02 Å². The molecule has 0 aliphatic rings. The molecule has 0 aliphatic heterocycles. The molecule has 16 heavy (non-hydrogen) atoms. The van der Waals surface area contributed by atoms with Crippen LogP contribution in [0.25, 0.3) is 0 Å². The van der Waals surface area contributed by atoms with E-state index in [1.54, 1.807) is 0 Å². The quantitative estimate of drug-likeness (QED) is 0.775. The number of hydrogen-bond acceptors (Lipinski definition) is 2. The fraction of sp³-hybridized carbons (Fsp3) is 0.417. The number of carbonyl (C=O) groups excluding carboxylic acids is 1. The Morgan fingerprint density at radius 2 is 2.19 bits per heavy atom. The number of hydrogen-bond donors (Lipinski definition) is 2. The maximum atomic E-state index is 10.6. The van der Waals surface area contributed by atoms with E-state index in [2.05, 4.69) is 17.6 Å². The van der Waals surface area contributed by atoms with Crippen LogP contribution in [0.1, 0.15) is 25.5 Å². The zero-order valence-electron chi connectivity index (χ0n) is 9.59. The second kappa shape index (κ2) is 6.51. The maximum absolute atomic E-state index is 10.6. The van der Waals surface area contributed by atoms with Gasteiger partial charge in [-0.2, -0.15) is 0 Å². The summed E-state index contributed by atoms with van der Waals surface area (Å²) in [6, 6.07) is 7.99. The third-order valence-electron chi connectivity index (χ3n) is 2.30. The number of halogens is 1. The Kier molecular flexibility index (Phi) is 5.29. The van der Waals surface area contributed by atoms with E-state index in [1.165, 1.54) is 6.92 Å². The first-order valence-electron chi connectivity index (χ1n) is 5.33. The molecular formula is C12H17ClN2O. The van der Waals surface area contributed by atoms with Crippen LogP contribution >= 0.6 is 11.6 Å². The molecule has 0 saturated carbocycles. The lowest BCUT2D eigenvalue weighted by Crippen LogP contribution is -2.31. The predicted octanol–water partition coefficient (Wildman–Crippen LogP) is 2.13. The molecule has 0 saturated heterocycles. The molecule has 0 heterocycles. The molecule has 1 aromatic rings. The highest BCUT2D eigenvalue weighted by molar-refractivity contribution is 6.30. The van der Waals surface area contributed by atoms with Crippen molar-refractivity contribution in [1.82, 2.24) is 10.6 Å². The number of carbonyl (C=O) groups is 1. The summed E-state index contributed by atoms with van der Waals surface area (Å²) in [6.07, 6.45) is 0. The van der Waals surface area contributed by atoms with Crippen molar-refractivity contribution in [3.05, 3.63) is 34.9 Å². The molecule has 0 fully saturated rings. The van der Waals surface area contributed by atoms with Crippen LogP contribution in [0.3, 0.4) is 0 Å². The van der Waals surface area contributed by atoms with Gasteiger partial charge in [-0.25, -0.2) is 0 Å². The number of amides is 1. The average molecular weight is 241 g/mol. The topological polar surface area (TPSA) is 41.1 Å². The summed E-state index contributed by atoms with van der Waals surface area (Å²) in [5.74, 6) is -0.00258. The predicted molar refractivity (Wildman–Crippen MR) is 66.6 cm³/mol. The summed E-state index contributed by atoms with van der Waals surface area (Å²) in [5, 5.41) is 6.79. The van der Waals surface area contributed by atoms with Crippen LogP contribution in [-0.2, 0) is 4.79 Å². The van der Waals surface area contributed by atoms with Gasteiger partial charge in [0.15, 0.2) is 0 Å². The standard InChI is InChI=1S/C12H17ClN2O/c1-9(14-6-7-15-10(2)16)11-4-3-5-12(13)8-11/h3-5,8-9,14H,6-7H2,1-2H3,(H,15,16)/t9-/m0/s1. The van der Waals surface area contributed by atoms with Gasteiger partial charge in [-0.15, -0.1) is 0 Å². The summed E-state index contributed by atoms with van der Waals surface area (Å²) in [4.78, 5) is 10.6. The average Bonchev–Trinajstić information content (AvgIpc) is 2.24. The first-order chi connectivity index (χ1) is 7.59. The van der Waals surface area contributed by atoms with Crippen molar-refractivity contribution in [2.45, 2.75) is 19.9 Å². The number of benzene rings is 1. The van der Waals surface area contributed by atoms with Gasteiger partial charge in [-0.05, 0) is 24.6 Å². The van der Waals surface area contributed by atoms with Crippen LogP contribution in [0.5, 0.6) is 0 Å². The molecule has 0 aliphatic carbocycles. The van der Waals surface area contributed by atoms with Gasteiger partial charge in [0.05, 0.1) is 0 Å². The summed E-state index contributed by atoms with van der Waals surface area (Å²) >= 11 is 5.91. The Morgan fingerprint density at radius 1 is 1.44 bits per heavy atom. The van der Waals surface area contributed by atoms with Gasteiger partial charge in [0, 0.05) is 31.1 Å². The van der Waals surface area contributed by atoms with Crippen molar-refractivity contribution in [2.24, 2.45) is 0 Å². The van der Waals surface area contributed by atoms with Crippen LogP contribution in [0.4, 0.5) is 0 Å². The molecular weight excluding hydrogens is 224 g/mol. The molecule has 1 amide bonds. The highest BCUT2D eigenvalue weighted by Crippen LogP contribution is 2.16. The molecule has 4 heteroatoms. The minimum absolute atomic E-state index is 0.00258. The minimum atomic E-state index is -0.00258. The molecule has 0 aromatic heterocycles. The molecule has 1 rings (SSSR count). The van der Waals surface area contributed by atoms with E-state index in [0.717, 1.165) is 17.1 Å². The van der Waals surface area contributed by atoms with Gasteiger partial charge in [0.2, 0.25) is 5.91 Å². The largest absolute Gasteiger partial charge is 0.355 e. The Morgan fingerprint density at radius 3 is 2.81 bits per heavy atom. The van der Waals surface area contributed by atoms with E-state index in [9.17, 15) is 4.79 Å². The summed E-state index contributed by atoms with van der Waals surface area (Å²) < 4.78 is 0. The molecule has 88 valence electrons. The van der Waals surface area contributed by atoms with Crippen molar-refractivity contribution in [2.75, 3.05) is 13.1 Å². The number of nitrogens with one attached hydrogen (secondary N) is 2. The SMILES string of the molecule is CC(=O)NCCN[C@@H](C)c1cccc(Cl)c1. The highest BCUT2D eigenvalue weighted by Gasteiger charge is 2.04. The molecule has 0 radical (unpaired) electrons. The minimum Gasteiger partial charge on any atom is -0.355 e. The third-order valence-corrected chi connectivity index (χ3v) is 2.53. The lowest BCUT2D eigenvalue weighted by molar-refractivity contribution is -0.118. The van der Waals surface area contributed by atoms with E-state index in [-0.39, 0.29) is 11.9 Å². The maximum Gasteiger partial charge on any atom is 0.216 e. The van der Waals surface area contributed by atoms with Gasteiger partial charge in [0.25, 0.3) is 0 Å². The van der Waals surface area contributed by atoms with Crippen LogP contribution in [0, 0.1) is 0 Å². The first kappa shape index (κ1) is 13.0. The molecule has 1 atom stereocenters. The van der Waals surface area contributed by atoms with Gasteiger partial charge in [-0.1, -0.05) is 23.7 Å². The summed E-state index contributed by atoms with van der Waals surface area (Å²) in [6.45, 7) is 4.97. The molecule has 1 aromatic carbocycles. The normalized spacial score (nSPS) is 12.2. The first-order valence-corrected chi connectivity index (χ1v) is 5.70. The smallest absolute Gasteiger partial charge is 0.216 e. The second-order valence-electron chi connectivity index (χ2n) is 3.71. The zero-order valence-corrected chi connectivity index (χ0v) is 10.3. The van der Waals surface area contributed by atoms with Crippen LogP contribution in [-0.4, -0.2) is 19.0 Å². The zero-order chi connectivity index (χ0) is 12.0. The van der Waals surface area contributed by atoms with Gasteiger partial charge in [0.1, 0.15) is 0 Å². The van der Waals surface area contributed by atoms with Crippen LogP contribution in [0.15, 0.2) is 24.3 Å². The lowest BCUT2D eigenvalue weighted by atomic mass is 10.1. The molecule has 3 nitrogen and oxygen atoms in total. The molecule has 0 spiro atoms. The summed E-state index contributed by atoms with van der Waals surface area (Å²) in [7, 11) is 0. The van der Waals surface area contributed by atoms with E-state index in [1.807, 2.05) is 24.3 Å². The van der Waals surface area contributed by atoms with E-state index in [4.69, 9.17) is 11.6 Å². The molecule has 0 unspecified atom stereocenters. The van der Waals surface area contributed by atoms with Crippen molar-refractivity contribution in [1.29, 1.82) is 0 Å². The van der Waals surface area contributed by atoms with Gasteiger partial charge >= 0.3 is 0 Å². The second-order valence-corrected chi connectivity index (χ2v) is 4.15. The molecule has 2 N–H and O–H groups in total. The Hall–Kier alpha value is -1.06. The Labute approximate surface area is 101 Å². The third kappa shape index (κ3) is 4.64. The fourth-order valence-electron chi connectivity index (χ4n) is 1.42. The summed E-state index contributed by atoms with van der Waals surface area (Å²) in [5.41, 5.74) is 1.15. The van der Waals surface area contributed by atoms with Crippen molar-refractivity contribution >= 4 is 17.5 Å². The highest BCUT2D eigenvalue weighted by atomic mass is 35.5. The van der Waals surface area contributed by atoms with E-state index < -0.39 is 0 Å². The Balaban J connectivity index is 2.35. The van der Waals surface area contributed by atoms with Crippen molar-refractivity contribution < 1.29 is 4.79 Å². The number of rotatable bonds is 5. The van der Waals surface area contributed by atoms with Crippen LogP contribution < -0.4 is 10.6 Å². The lowest BCUT2D eigenvalue weighted by Gasteiger charge is -2.14. The van der Waals surface area contributed by atoms with Crippen molar-refractivity contribution in [3.63, 3.8) is 0 Å². The van der Waals surface area contributed by atoms with Gasteiger partial charge in [-0.3, -0.25) is 4.79 Å². The van der Waals surface area contributed by atoms with Crippen molar-refractivity contribution in [3.8, 4) is 0 Å². The van der Waals surface area contributed by atoms with E-state index in [0.29, 0.717) is 6.54 Å². The monoisotopic (exact) mass is 240 g/mol. The Bertz CT molecular complexity index is 355. The molecule has 0 bridgehead atoms. The van der Waals surface area contributed by atoms with E-state index >= 15 is 0 Å².